The topological polar surface area (TPSA) is 128 Å². The number of nitrogens with one attached hydrogen (secondary N) is 1. The minimum absolute atomic E-state index is 0.122. The predicted octanol–water partition coefficient (Wildman–Crippen LogP) is -1.29. The van der Waals surface area contributed by atoms with E-state index in [2.05, 4.69) is 4.98 Å². The van der Waals surface area contributed by atoms with Crippen LogP contribution in [-0.4, -0.2) is 38.6 Å². The Morgan fingerprint density at radius 2 is 2.35 bits per heavy atom. The lowest BCUT2D eigenvalue weighted by Gasteiger charge is -2.14. The summed E-state index contributed by atoms with van der Waals surface area (Å²) >= 11 is 0. The number of aromatic nitrogens is 2. The van der Waals surface area contributed by atoms with E-state index in [1.165, 1.54) is 12.3 Å². The maximum absolute atomic E-state index is 11.7. The van der Waals surface area contributed by atoms with E-state index in [0.717, 1.165) is 10.6 Å². The van der Waals surface area contributed by atoms with Crippen LogP contribution in [0.1, 0.15) is 18.2 Å². The van der Waals surface area contributed by atoms with Gasteiger partial charge in [-0.1, -0.05) is 0 Å². The van der Waals surface area contributed by atoms with Crippen LogP contribution in [0.2, 0.25) is 0 Å². The van der Waals surface area contributed by atoms with Gasteiger partial charge in [0.2, 0.25) is 0 Å². The number of hydrogen-bond donors (Lipinski definition) is 3. The number of ether oxygens (including phenoxy) is 1. The summed E-state index contributed by atoms with van der Waals surface area (Å²) in [5.41, 5.74) is -1.17. The maximum atomic E-state index is 11.7. The van der Waals surface area contributed by atoms with Gasteiger partial charge in [0.1, 0.15) is 12.3 Å². The monoisotopic (exact) mass is 279 g/mol. The third kappa shape index (κ3) is 2.70. The lowest BCUT2D eigenvalue weighted by Crippen LogP contribution is -2.33. The highest BCUT2D eigenvalue weighted by molar-refractivity contribution is 5.49. The number of H-pyrrole nitrogens is 1. The van der Waals surface area contributed by atoms with Gasteiger partial charge in [0.05, 0.1) is 24.3 Å². The smallest absolute Gasteiger partial charge is 0.330 e. The number of aliphatic hydroxyl groups is 2. The van der Waals surface area contributed by atoms with Crippen LogP contribution >= 0.6 is 0 Å². The van der Waals surface area contributed by atoms with Crippen molar-refractivity contribution in [2.45, 2.75) is 24.9 Å². The van der Waals surface area contributed by atoms with E-state index in [-0.39, 0.29) is 18.6 Å². The summed E-state index contributed by atoms with van der Waals surface area (Å²) in [6, 6.07) is 1.75. The summed E-state index contributed by atoms with van der Waals surface area (Å²) in [4.78, 5) is 25.4. The Morgan fingerprint density at radius 3 is 2.95 bits per heavy atom. The van der Waals surface area contributed by atoms with Crippen LogP contribution < -0.4 is 11.2 Å². The zero-order valence-corrected chi connectivity index (χ0v) is 10.4. The van der Waals surface area contributed by atoms with Crippen molar-refractivity contribution in [1.29, 1.82) is 5.26 Å². The molecule has 0 radical (unpaired) electrons. The number of aromatic amines is 1. The van der Waals surface area contributed by atoms with Crippen molar-refractivity contribution in [3.8, 4) is 6.07 Å². The third-order valence-corrected chi connectivity index (χ3v) is 3.03. The first-order valence-electron chi connectivity index (χ1n) is 5.93. The van der Waals surface area contributed by atoms with E-state index in [9.17, 15) is 14.7 Å². The summed E-state index contributed by atoms with van der Waals surface area (Å²) in [7, 11) is 0. The molecule has 3 N–H and O–H groups in total. The minimum atomic E-state index is -0.887. The van der Waals surface area contributed by atoms with Crippen molar-refractivity contribution < 1.29 is 14.9 Å². The van der Waals surface area contributed by atoms with Gasteiger partial charge in [0.25, 0.3) is 5.56 Å². The second-order valence-corrected chi connectivity index (χ2v) is 4.33. The van der Waals surface area contributed by atoms with E-state index >= 15 is 0 Å². The van der Waals surface area contributed by atoms with Gasteiger partial charge in [-0.05, 0) is 6.08 Å². The molecule has 0 aliphatic carbocycles. The van der Waals surface area contributed by atoms with E-state index in [1.54, 1.807) is 6.07 Å². The first-order valence-corrected chi connectivity index (χ1v) is 5.93. The van der Waals surface area contributed by atoms with Gasteiger partial charge < -0.3 is 14.9 Å². The normalized spacial score (nSPS) is 25.9. The molecule has 20 heavy (non-hydrogen) atoms. The van der Waals surface area contributed by atoms with E-state index < -0.39 is 29.7 Å². The largest absolute Gasteiger partial charge is 0.394 e. The first kappa shape index (κ1) is 14.2. The van der Waals surface area contributed by atoms with Crippen molar-refractivity contribution in [3.63, 3.8) is 0 Å². The molecule has 0 spiro atoms. The van der Waals surface area contributed by atoms with E-state index in [0.29, 0.717) is 0 Å². The van der Waals surface area contributed by atoms with Crippen molar-refractivity contribution in [1.82, 2.24) is 9.55 Å². The Labute approximate surface area is 113 Å². The predicted molar refractivity (Wildman–Crippen MR) is 67.6 cm³/mol. The van der Waals surface area contributed by atoms with Crippen LogP contribution in [-0.2, 0) is 4.74 Å². The lowest BCUT2D eigenvalue weighted by molar-refractivity contribution is -0.0459. The SMILES string of the molecule is N#C/C=C/c1cn(C2C[C@@H](O)[C@@H](CO)O2)c(=O)[nH]c1=O. The van der Waals surface area contributed by atoms with Gasteiger partial charge in [-0.2, -0.15) is 5.26 Å². The maximum Gasteiger partial charge on any atom is 0.330 e. The molecule has 0 bridgehead atoms. The van der Waals surface area contributed by atoms with Crippen molar-refractivity contribution in [3.05, 3.63) is 38.7 Å². The fraction of sp³-hybridized carbons (Fsp3) is 0.417. The molecule has 3 atom stereocenters. The molecule has 2 rings (SSSR count). The van der Waals surface area contributed by atoms with Gasteiger partial charge >= 0.3 is 5.69 Å². The average molecular weight is 279 g/mol. The molecule has 1 aromatic heterocycles. The molecule has 1 aromatic rings. The molecule has 0 amide bonds. The van der Waals surface area contributed by atoms with Crippen LogP contribution in [0.4, 0.5) is 0 Å². The molecule has 106 valence electrons. The molecular weight excluding hydrogens is 266 g/mol. The molecule has 8 heteroatoms. The second-order valence-electron chi connectivity index (χ2n) is 4.33. The van der Waals surface area contributed by atoms with Crippen LogP contribution in [0.5, 0.6) is 0 Å². The zero-order valence-electron chi connectivity index (χ0n) is 10.4. The van der Waals surface area contributed by atoms with Crippen molar-refractivity contribution >= 4 is 6.08 Å². The van der Waals surface area contributed by atoms with Gasteiger partial charge in [0, 0.05) is 18.7 Å². The fourth-order valence-electron chi connectivity index (χ4n) is 2.01. The average Bonchev–Trinajstić information content (AvgIpc) is 2.79. The zero-order chi connectivity index (χ0) is 14.7. The van der Waals surface area contributed by atoms with E-state index in [1.807, 2.05) is 0 Å². The summed E-state index contributed by atoms with van der Waals surface area (Å²) < 4.78 is 6.46. The first-order chi connectivity index (χ1) is 9.56. The summed E-state index contributed by atoms with van der Waals surface area (Å²) in [6.07, 6.45) is 1.33. The Bertz CT molecular complexity index is 669. The molecule has 1 fully saturated rings. The summed E-state index contributed by atoms with van der Waals surface area (Å²) in [5.74, 6) is 0. The minimum Gasteiger partial charge on any atom is -0.394 e. The van der Waals surface area contributed by atoms with Gasteiger partial charge in [-0.15, -0.1) is 0 Å². The molecule has 1 saturated heterocycles. The Balaban J connectivity index is 2.38. The molecular formula is C12H13N3O5. The van der Waals surface area contributed by atoms with Crippen LogP contribution in [0.3, 0.4) is 0 Å². The van der Waals surface area contributed by atoms with Crippen molar-refractivity contribution in [2.75, 3.05) is 6.61 Å². The lowest BCUT2D eigenvalue weighted by atomic mass is 10.2. The Kier molecular flexibility index (Phi) is 4.14. The standard InChI is InChI=1S/C12H13N3O5/c13-3-1-2-7-5-15(12(19)14-11(7)18)10-4-8(17)9(6-16)20-10/h1-2,5,8-10,16-17H,4,6H2,(H,14,18,19)/b2-1+/t8-,9-,10?/m1/s1. The quantitative estimate of drug-likeness (QED) is 0.591. The number of hydrogen-bond acceptors (Lipinski definition) is 6. The highest BCUT2D eigenvalue weighted by atomic mass is 16.5. The highest BCUT2D eigenvalue weighted by Crippen LogP contribution is 2.27. The van der Waals surface area contributed by atoms with Crippen LogP contribution in [0.25, 0.3) is 6.08 Å². The summed E-state index contributed by atoms with van der Waals surface area (Å²) in [6.45, 7) is -0.364. The molecule has 0 saturated carbocycles. The van der Waals surface area contributed by atoms with Gasteiger partial charge in [-0.3, -0.25) is 14.3 Å². The number of nitrogens with zero attached hydrogens (tertiary/aromatic N) is 2. The molecule has 8 nitrogen and oxygen atoms in total. The Hall–Kier alpha value is -2.21. The third-order valence-electron chi connectivity index (χ3n) is 3.03. The van der Waals surface area contributed by atoms with Gasteiger partial charge in [0.15, 0.2) is 0 Å². The molecule has 1 aliphatic heterocycles. The highest BCUT2D eigenvalue weighted by Gasteiger charge is 2.35. The number of allylic oxidation sites excluding steroid dienone is 1. The van der Waals surface area contributed by atoms with Gasteiger partial charge in [-0.25, -0.2) is 4.79 Å². The number of nitriles is 1. The molecule has 2 heterocycles. The number of rotatable bonds is 3. The second kappa shape index (κ2) is 5.83. The van der Waals surface area contributed by atoms with Crippen molar-refractivity contribution in [2.24, 2.45) is 0 Å². The molecule has 1 aliphatic rings. The number of aliphatic hydroxyl groups excluding tert-OH is 2. The molecule has 1 unspecified atom stereocenters. The van der Waals surface area contributed by atoms with Crippen LogP contribution in [0, 0.1) is 11.3 Å². The van der Waals surface area contributed by atoms with E-state index in [4.69, 9.17) is 15.1 Å². The molecule has 0 aromatic carbocycles. The van der Waals surface area contributed by atoms with Crippen LogP contribution in [0.15, 0.2) is 21.9 Å². The summed E-state index contributed by atoms with van der Waals surface area (Å²) in [5, 5.41) is 27.1. The Morgan fingerprint density at radius 1 is 1.60 bits per heavy atom. The fourth-order valence-corrected chi connectivity index (χ4v) is 2.01.